The molecular weight excluding hydrogens is 262 g/mol. The Labute approximate surface area is 125 Å². The van der Waals surface area contributed by atoms with Crippen LogP contribution in [-0.4, -0.2) is 17.4 Å². The summed E-state index contributed by atoms with van der Waals surface area (Å²) in [7, 11) is 0. The van der Waals surface area contributed by atoms with E-state index in [-0.39, 0.29) is 5.91 Å². The Morgan fingerprint density at radius 2 is 2.00 bits per heavy atom. The van der Waals surface area contributed by atoms with Crippen LogP contribution >= 0.6 is 0 Å². The third-order valence-electron chi connectivity index (χ3n) is 3.31. The molecule has 2 aromatic rings. The summed E-state index contributed by atoms with van der Waals surface area (Å²) in [6.45, 7) is 6.93. The predicted molar refractivity (Wildman–Crippen MR) is 86.9 cm³/mol. The van der Waals surface area contributed by atoms with E-state index in [4.69, 9.17) is 0 Å². The van der Waals surface area contributed by atoms with Crippen LogP contribution in [0.25, 0.3) is 0 Å². The lowest BCUT2D eigenvalue weighted by Crippen LogP contribution is -2.13. The van der Waals surface area contributed by atoms with Gasteiger partial charge in [-0.05, 0) is 56.2 Å². The predicted octanol–water partition coefficient (Wildman–Crippen LogP) is 3.77. The minimum Gasteiger partial charge on any atom is -0.385 e. The number of hydrogen-bond donors (Lipinski definition) is 2. The number of anilines is 2. The van der Waals surface area contributed by atoms with E-state index in [2.05, 4.69) is 22.5 Å². The van der Waals surface area contributed by atoms with Crippen LogP contribution in [0.5, 0.6) is 0 Å². The Hall–Kier alpha value is -2.36. The van der Waals surface area contributed by atoms with Gasteiger partial charge in [-0.1, -0.05) is 6.92 Å². The van der Waals surface area contributed by atoms with E-state index in [1.165, 1.54) is 0 Å². The maximum Gasteiger partial charge on any atom is 0.255 e. The second-order valence-corrected chi connectivity index (χ2v) is 5.05. The van der Waals surface area contributed by atoms with Gasteiger partial charge >= 0.3 is 0 Å². The van der Waals surface area contributed by atoms with Crippen molar-refractivity contribution in [1.29, 1.82) is 0 Å². The molecule has 1 heterocycles. The van der Waals surface area contributed by atoms with Crippen LogP contribution in [0.15, 0.2) is 36.5 Å². The summed E-state index contributed by atoms with van der Waals surface area (Å²) < 4.78 is 0. The van der Waals surface area contributed by atoms with E-state index < -0.39 is 0 Å². The number of amides is 1. The molecule has 0 aliphatic rings. The standard InChI is InChI=1S/C17H21N3O/c1-4-9-19-15-8-7-14(11-12(15)2)17(21)20-16-6-5-10-18-13(16)3/h5-8,10-11,19H,4,9H2,1-3H3,(H,20,21). The average molecular weight is 283 g/mol. The van der Waals surface area contributed by atoms with Crippen LogP contribution < -0.4 is 10.6 Å². The van der Waals surface area contributed by atoms with Gasteiger partial charge in [-0.15, -0.1) is 0 Å². The number of pyridine rings is 1. The molecule has 0 atom stereocenters. The van der Waals surface area contributed by atoms with E-state index in [0.29, 0.717) is 5.56 Å². The van der Waals surface area contributed by atoms with Crippen LogP contribution in [0.2, 0.25) is 0 Å². The molecule has 21 heavy (non-hydrogen) atoms. The van der Waals surface area contributed by atoms with Crippen molar-refractivity contribution in [3.63, 3.8) is 0 Å². The number of rotatable bonds is 5. The van der Waals surface area contributed by atoms with Gasteiger partial charge in [-0.3, -0.25) is 9.78 Å². The zero-order chi connectivity index (χ0) is 15.2. The highest BCUT2D eigenvalue weighted by Gasteiger charge is 2.09. The van der Waals surface area contributed by atoms with Crippen molar-refractivity contribution in [2.45, 2.75) is 27.2 Å². The molecule has 0 bridgehead atoms. The molecule has 0 radical (unpaired) electrons. The van der Waals surface area contributed by atoms with E-state index in [1.54, 1.807) is 6.20 Å². The normalized spacial score (nSPS) is 10.2. The summed E-state index contributed by atoms with van der Waals surface area (Å²) in [5, 5.41) is 6.24. The quantitative estimate of drug-likeness (QED) is 0.878. The van der Waals surface area contributed by atoms with Gasteiger partial charge in [-0.2, -0.15) is 0 Å². The number of nitrogens with one attached hydrogen (secondary N) is 2. The number of carbonyl (C=O) groups excluding carboxylic acids is 1. The summed E-state index contributed by atoms with van der Waals surface area (Å²) in [4.78, 5) is 16.5. The lowest BCUT2D eigenvalue weighted by Gasteiger charge is -2.11. The molecule has 4 nitrogen and oxygen atoms in total. The topological polar surface area (TPSA) is 54.0 Å². The highest BCUT2D eigenvalue weighted by atomic mass is 16.1. The van der Waals surface area contributed by atoms with Gasteiger partial charge in [0.15, 0.2) is 0 Å². The minimum absolute atomic E-state index is 0.115. The van der Waals surface area contributed by atoms with Crippen molar-refractivity contribution < 1.29 is 4.79 Å². The van der Waals surface area contributed by atoms with Gasteiger partial charge in [0, 0.05) is 24.0 Å². The van der Waals surface area contributed by atoms with Crippen LogP contribution in [0.3, 0.4) is 0 Å². The number of aromatic nitrogens is 1. The molecular formula is C17H21N3O. The fourth-order valence-electron chi connectivity index (χ4n) is 2.07. The fourth-order valence-corrected chi connectivity index (χ4v) is 2.07. The molecule has 1 aromatic carbocycles. The molecule has 2 rings (SSSR count). The van der Waals surface area contributed by atoms with Crippen molar-refractivity contribution in [3.8, 4) is 0 Å². The summed E-state index contributed by atoms with van der Waals surface area (Å²) >= 11 is 0. The highest BCUT2D eigenvalue weighted by molar-refractivity contribution is 6.04. The zero-order valence-electron chi connectivity index (χ0n) is 12.7. The van der Waals surface area contributed by atoms with Crippen molar-refractivity contribution in [3.05, 3.63) is 53.3 Å². The Balaban J connectivity index is 2.13. The molecule has 0 aliphatic carbocycles. The maximum atomic E-state index is 12.3. The van der Waals surface area contributed by atoms with Gasteiger partial charge in [0.1, 0.15) is 0 Å². The van der Waals surface area contributed by atoms with Gasteiger partial charge in [0.2, 0.25) is 0 Å². The third-order valence-corrected chi connectivity index (χ3v) is 3.31. The Bertz CT molecular complexity index is 638. The molecule has 4 heteroatoms. The summed E-state index contributed by atoms with van der Waals surface area (Å²) in [5.74, 6) is -0.115. The van der Waals surface area contributed by atoms with Crippen molar-refractivity contribution in [2.75, 3.05) is 17.2 Å². The maximum absolute atomic E-state index is 12.3. The minimum atomic E-state index is -0.115. The first kappa shape index (κ1) is 15.0. The molecule has 0 saturated carbocycles. The lowest BCUT2D eigenvalue weighted by molar-refractivity contribution is 0.102. The van der Waals surface area contributed by atoms with Gasteiger partial charge < -0.3 is 10.6 Å². The van der Waals surface area contributed by atoms with Gasteiger partial charge in [0.05, 0.1) is 11.4 Å². The molecule has 2 N–H and O–H groups in total. The number of nitrogens with zero attached hydrogens (tertiary/aromatic N) is 1. The third kappa shape index (κ3) is 3.81. The summed E-state index contributed by atoms with van der Waals surface area (Å²) in [6, 6.07) is 9.36. The first-order valence-electron chi connectivity index (χ1n) is 7.19. The van der Waals surface area contributed by atoms with E-state index >= 15 is 0 Å². The average Bonchev–Trinajstić information content (AvgIpc) is 2.48. The molecule has 0 spiro atoms. The summed E-state index contributed by atoms with van der Waals surface area (Å²) in [5.41, 5.74) is 4.35. The molecule has 0 fully saturated rings. The Kier molecular flexibility index (Phi) is 4.93. The van der Waals surface area contributed by atoms with E-state index in [9.17, 15) is 4.79 Å². The van der Waals surface area contributed by atoms with E-state index in [1.807, 2.05) is 44.2 Å². The highest BCUT2D eigenvalue weighted by Crippen LogP contribution is 2.18. The molecule has 0 aliphatic heterocycles. The SMILES string of the molecule is CCCNc1ccc(C(=O)Nc2cccnc2C)cc1C. The Morgan fingerprint density at radius 3 is 2.67 bits per heavy atom. The lowest BCUT2D eigenvalue weighted by atomic mass is 10.1. The van der Waals surface area contributed by atoms with Crippen molar-refractivity contribution in [1.82, 2.24) is 4.98 Å². The van der Waals surface area contributed by atoms with Crippen LogP contribution in [0, 0.1) is 13.8 Å². The molecule has 1 amide bonds. The van der Waals surface area contributed by atoms with Crippen LogP contribution in [0.1, 0.15) is 35.0 Å². The van der Waals surface area contributed by atoms with Gasteiger partial charge in [0.25, 0.3) is 5.91 Å². The smallest absolute Gasteiger partial charge is 0.255 e. The van der Waals surface area contributed by atoms with Crippen LogP contribution in [-0.2, 0) is 0 Å². The van der Waals surface area contributed by atoms with E-state index in [0.717, 1.165) is 35.6 Å². The number of carbonyl (C=O) groups is 1. The number of hydrogen-bond acceptors (Lipinski definition) is 3. The van der Waals surface area contributed by atoms with Crippen molar-refractivity contribution in [2.24, 2.45) is 0 Å². The zero-order valence-corrected chi connectivity index (χ0v) is 12.7. The van der Waals surface area contributed by atoms with Crippen molar-refractivity contribution >= 4 is 17.3 Å². The first-order valence-corrected chi connectivity index (χ1v) is 7.19. The number of aryl methyl sites for hydroxylation is 2. The first-order chi connectivity index (χ1) is 10.1. The molecule has 0 unspecified atom stereocenters. The second kappa shape index (κ2) is 6.88. The van der Waals surface area contributed by atoms with Crippen LogP contribution in [0.4, 0.5) is 11.4 Å². The Morgan fingerprint density at radius 1 is 1.19 bits per heavy atom. The summed E-state index contributed by atoms with van der Waals surface area (Å²) in [6.07, 6.45) is 2.78. The molecule has 0 saturated heterocycles. The monoisotopic (exact) mass is 283 g/mol. The largest absolute Gasteiger partial charge is 0.385 e. The van der Waals surface area contributed by atoms with Gasteiger partial charge in [-0.25, -0.2) is 0 Å². The second-order valence-electron chi connectivity index (χ2n) is 5.05. The fraction of sp³-hybridized carbons (Fsp3) is 0.294. The molecule has 1 aromatic heterocycles. The molecule has 110 valence electrons. The number of benzene rings is 1.